The van der Waals surface area contributed by atoms with Gasteiger partial charge in [-0.25, -0.2) is 4.98 Å². The summed E-state index contributed by atoms with van der Waals surface area (Å²) >= 11 is 1.46. The van der Waals surface area contributed by atoms with E-state index in [-0.39, 0.29) is 30.7 Å². The first-order chi connectivity index (χ1) is 11.5. The lowest BCUT2D eigenvalue weighted by molar-refractivity contribution is -0.0728. The van der Waals surface area contributed by atoms with Gasteiger partial charge in [-0.15, -0.1) is 36.2 Å². The summed E-state index contributed by atoms with van der Waals surface area (Å²) in [4.78, 5) is 21.3. The molecule has 0 saturated carbocycles. The molecule has 2 aliphatic heterocycles. The zero-order valence-corrected chi connectivity index (χ0v) is 17.9. The fourth-order valence-electron chi connectivity index (χ4n) is 3.78. The number of carbonyl (C=O) groups excluding carboxylic acids is 1. The topological polar surface area (TPSA) is 71.7 Å². The SMILES string of the molecule is CC1CN(CC2CCN(C(=O)c3csc(CN)n3)CC2)CC(C)O1.Cl.Cl. The molecule has 6 nitrogen and oxygen atoms in total. The molecule has 0 spiro atoms. The standard InChI is InChI=1S/C17H28N4O2S.2ClH/c1-12-8-20(9-13(2)23-12)10-14-3-5-21(6-4-14)17(22)15-11-24-16(7-18)19-15;;/h11-14H,3-10,18H2,1-2H3;2*1H. The fourth-order valence-corrected chi connectivity index (χ4v) is 4.43. The maximum Gasteiger partial charge on any atom is 0.273 e. The van der Waals surface area contributed by atoms with Crippen molar-refractivity contribution >= 4 is 42.1 Å². The summed E-state index contributed by atoms with van der Waals surface area (Å²) in [6.07, 6.45) is 2.77. The first-order valence-corrected chi connectivity index (χ1v) is 9.74. The quantitative estimate of drug-likeness (QED) is 0.802. The number of hydrogen-bond acceptors (Lipinski definition) is 6. The number of thiazole rings is 1. The van der Waals surface area contributed by atoms with Crippen molar-refractivity contribution in [2.75, 3.05) is 32.7 Å². The predicted molar refractivity (Wildman–Crippen MR) is 110 cm³/mol. The van der Waals surface area contributed by atoms with Crippen LogP contribution in [0.3, 0.4) is 0 Å². The van der Waals surface area contributed by atoms with Crippen LogP contribution in [-0.2, 0) is 11.3 Å². The number of morpholine rings is 1. The zero-order chi connectivity index (χ0) is 17.1. The Morgan fingerprint density at radius 1 is 1.27 bits per heavy atom. The smallest absolute Gasteiger partial charge is 0.273 e. The first-order valence-electron chi connectivity index (χ1n) is 8.86. The molecule has 0 aromatic carbocycles. The van der Waals surface area contributed by atoms with Gasteiger partial charge in [0.15, 0.2) is 0 Å². The number of likely N-dealkylation sites (tertiary alicyclic amines) is 1. The van der Waals surface area contributed by atoms with E-state index in [0.29, 0.717) is 30.4 Å². The number of carbonyl (C=O) groups is 1. The van der Waals surface area contributed by atoms with Crippen LogP contribution in [0, 0.1) is 5.92 Å². The third-order valence-electron chi connectivity index (χ3n) is 4.86. The molecule has 0 radical (unpaired) electrons. The molecule has 1 aromatic heterocycles. The van der Waals surface area contributed by atoms with Crippen molar-refractivity contribution in [3.8, 4) is 0 Å². The molecule has 9 heteroatoms. The highest BCUT2D eigenvalue weighted by Gasteiger charge is 2.28. The number of amides is 1. The van der Waals surface area contributed by atoms with Gasteiger partial charge in [-0.1, -0.05) is 0 Å². The molecule has 3 heterocycles. The van der Waals surface area contributed by atoms with Gasteiger partial charge in [-0.05, 0) is 32.6 Å². The molecule has 26 heavy (non-hydrogen) atoms. The molecular formula is C17H30Cl2N4O2S. The molecule has 2 fully saturated rings. The van der Waals surface area contributed by atoms with Crippen molar-refractivity contribution < 1.29 is 9.53 Å². The largest absolute Gasteiger partial charge is 0.373 e. The Hall–Kier alpha value is -0.440. The average molecular weight is 425 g/mol. The van der Waals surface area contributed by atoms with Gasteiger partial charge in [0.25, 0.3) is 5.91 Å². The second kappa shape index (κ2) is 10.8. The third kappa shape index (κ3) is 6.04. The van der Waals surface area contributed by atoms with Crippen molar-refractivity contribution in [1.29, 1.82) is 0 Å². The van der Waals surface area contributed by atoms with Crippen molar-refractivity contribution in [1.82, 2.24) is 14.8 Å². The van der Waals surface area contributed by atoms with E-state index in [9.17, 15) is 4.79 Å². The lowest BCUT2D eigenvalue weighted by atomic mass is 9.95. The Morgan fingerprint density at radius 3 is 2.42 bits per heavy atom. The minimum atomic E-state index is 0. The zero-order valence-electron chi connectivity index (χ0n) is 15.4. The lowest BCUT2D eigenvalue weighted by Crippen LogP contribution is -2.48. The Kier molecular flexibility index (Phi) is 9.79. The molecule has 2 unspecified atom stereocenters. The van der Waals surface area contributed by atoms with Gasteiger partial charge in [-0.3, -0.25) is 9.69 Å². The van der Waals surface area contributed by atoms with Gasteiger partial charge >= 0.3 is 0 Å². The molecule has 1 amide bonds. The highest BCUT2D eigenvalue weighted by molar-refractivity contribution is 7.09. The van der Waals surface area contributed by atoms with E-state index >= 15 is 0 Å². The van der Waals surface area contributed by atoms with E-state index in [0.717, 1.165) is 50.6 Å². The van der Waals surface area contributed by atoms with Crippen molar-refractivity contribution in [3.63, 3.8) is 0 Å². The molecule has 2 N–H and O–H groups in total. The van der Waals surface area contributed by atoms with Gasteiger partial charge in [-0.2, -0.15) is 0 Å². The summed E-state index contributed by atoms with van der Waals surface area (Å²) in [5.74, 6) is 0.722. The van der Waals surface area contributed by atoms with E-state index in [1.54, 1.807) is 0 Å². The number of nitrogens with zero attached hydrogens (tertiary/aromatic N) is 3. The van der Waals surface area contributed by atoms with Crippen LogP contribution in [0.4, 0.5) is 0 Å². The molecule has 0 bridgehead atoms. The minimum Gasteiger partial charge on any atom is -0.373 e. The number of aromatic nitrogens is 1. The molecule has 2 aliphatic rings. The van der Waals surface area contributed by atoms with Crippen LogP contribution < -0.4 is 5.73 Å². The molecule has 1 aromatic rings. The highest BCUT2D eigenvalue weighted by atomic mass is 35.5. The van der Waals surface area contributed by atoms with Crippen LogP contribution in [0.15, 0.2) is 5.38 Å². The molecular weight excluding hydrogens is 395 g/mol. The van der Waals surface area contributed by atoms with E-state index in [4.69, 9.17) is 10.5 Å². The number of halogens is 2. The second-order valence-corrected chi connectivity index (χ2v) is 7.98. The number of nitrogens with two attached hydrogens (primary N) is 1. The maximum absolute atomic E-state index is 12.5. The van der Waals surface area contributed by atoms with Gasteiger partial charge in [0.1, 0.15) is 10.7 Å². The summed E-state index contributed by atoms with van der Waals surface area (Å²) in [7, 11) is 0. The summed E-state index contributed by atoms with van der Waals surface area (Å²) in [6.45, 7) is 9.50. The molecule has 150 valence electrons. The first kappa shape index (κ1) is 23.6. The van der Waals surface area contributed by atoms with E-state index in [1.165, 1.54) is 11.3 Å². The number of piperidine rings is 1. The van der Waals surface area contributed by atoms with E-state index in [2.05, 4.69) is 23.7 Å². The normalized spacial score (nSPS) is 24.7. The summed E-state index contributed by atoms with van der Waals surface area (Å²) < 4.78 is 5.80. The Balaban J connectivity index is 0.00000169. The Labute approximate surface area is 172 Å². The maximum atomic E-state index is 12.5. The van der Waals surface area contributed by atoms with Crippen LogP contribution in [0.1, 0.15) is 42.2 Å². The van der Waals surface area contributed by atoms with Crippen LogP contribution >= 0.6 is 36.2 Å². The van der Waals surface area contributed by atoms with Crippen LogP contribution in [-0.4, -0.2) is 65.6 Å². The van der Waals surface area contributed by atoms with Crippen molar-refractivity contribution in [3.05, 3.63) is 16.1 Å². The molecule has 0 aliphatic carbocycles. The van der Waals surface area contributed by atoms with Gasteiger partial charge in [0.05, 0.1) is 12.2 Å². The summed E-state index contributed by atoms with van der Waals surface area (Å²) in [5.41, 5.74) is 6.13. The number of ether oxygens (including phenoxy) is 1. The monoisotopic (exact) mass is 424 g/mol. The summed E-state index contributed by atoms with van der Waals surface area (Å²) in [6, 6.07) is 0. The highest BCUT2D eigenvalue weighted by Crippen LogP contribution is 2.22. The number of rotatable bonds is 4. The predicted octanol–water partition coefficient (Wildman–Crippen LogP) is 2.41. The molecule has 2 saturated heterocycles. The Bertz CT molecular complexity index is 557. The van der Waals surface area contributed by atoms with Gasteiger partial charge < -0.3 is 15.4 Å². The second-order valence-electron chi connectivity index (χ2n) is 7.04. The molecule has 2 atom stereocenters. The Morgan fingerprint density at radius 2 is 1.88 bits per heavy atom. The van der Waals surface area contributed by atoms with Crippen LogP contribution in [0.2, 0.25) is 0 Å². The van der Waals surface area contributed by atoms with Gasteiger partial charge in [0, 0.05) is 44.6 Å². The summed E-state index contributed by atoms with van der Waals surface area (Å²) in [5, 5.41) is 2.65. The van der Waals surface area contributed by atoms with E-state index < -0.39 is 0 Å². The minimum absolute atomic E-state index is 0. The third-order valence-corrected chi connectivity index (χ3v) is 5.73. The fraction of sp³-hybridized carbons (Fsp3) is 0.765. The van der Waals surface area contributed by atoms with Gasteiger partial charge in [0.2, 0.25) is 0 Å². The van der Waals surface area contributed by atoms with E-state index in [1.807, 2.05) is 10.3 Å². The molecule has 3 rings (SSSR count). The van der Waals surface area contributed by atoms with Crippen molar-refractivity contribution in [2.24, 2.45) is 11.7 Å². The number of hydrogen-bond donors (Lipinski definition) is 1. The average Bonchev–Trinajstić information content (AvgIpc) is 3.03. The lowest BCUT2D eigenvalue weighted by Gasteiger charge is -2.39. The van der Waals surface area contributed by atoms with Crippen LogP contribution in [0.25, 0.3) is 0 Å². The van der Waals surface area contributed by atoms with Crippen LogP contribution in [0.5, 0.6) is 0 Å². The van der Waals surface area contributed by atoms with Crippen molar-refractivity contribution in [2.45, 2.75) is 45.4 Å².